The number of carbonyl (C=O) groups excluding carboxylic acids is 1. The maximum absolute atomic E-state index is 14.1. The second-order valence-electron chi connectivity index (χ2n) is 10.7. The first kappa shape index (κ1) is 32.1. The highest BCUT2D eigenvalue weighted by Crippen LogP contribution is 2.30. The number of carbonyl (C=O) groups is 1. The van der Waals surface area contributed by atoms with Gasteiger partial charge in [-0.25, -0.2) is 9.38 Å². The smallest absolute Gasteiger partial charge is 0.231 e. The first-order chi connectivity index (χ1) is 19.1. The third kappa shape index (κ3) is 7.64. The van der Waals surface area contributed by atoms with E-state index in [1.54, 1.807) is 0 Å². The highest BCUT2D eigenvalue weighted by atomic mass is 19.1. The second-order valence-corrected chi connectivity index (χ2v) is 10.7. The van der Waals surface area contributed by atoms with Gasteiger partial charge in [-0.3, -0.25) is 4.79 Å². The molecule has 2 aliphatic heterocycles. The second kappa shape index (κ2) is 14.4. The maximum atomic E-state index is 14.1. The summed E-state index contributed by atoms with van der Waals surface area (Å²) in [5.74, 6) is 0.0327. The van der Waals surface area contributed by atoms with Gasteiger partial charge in [0.05, 0.1) is 33.0 Å². The molecule has 0 radical (unpaired) electrons. The van der Waals surface area contributed by atoms with Gasteiger partial charge in [-0.15, -0.1) is 0 Å². The number of ether oxygens (including phenoxy) is 2. The topological polar surface area (TPSA) is 181 Å². The number of halogens is 1. The first-order valence-corrected chi connectivity index (χ1v) is 13.5. The fourth-order valence-electron chi connectivity index (χ4n) is 4.67. The lowest BCUT2D eigenvalue weighted by Gasteiger charge is -2.38. The Kier molecular flexibility index (Phi) is 11.6. The highest BCUT2D eigenvalue weighted by Gasteiger charge is 2.46. The molecular weight excluding hydrogens is 527 g/mol. The quantitative estimate of drug-likeness (QED) is 0.166. The van der Waals surface area contributed by atoms with Crippen LogP contribution in [0.25, 0.3) is 0 Å². The van der Waals surface area contributed by atoms with Crippen LogP contribution in [0.5, 0.6) is 0 Å². The molecule has 1 aromatic rings. The number of benzene rings is 1. The molecule has 0 saturated carbocycles. The van der Waals surface area contributed by atoms with Gasteiger partial charge >= 0.3 is 0 Å². The van der Waals surface area contributed by atoms with E-state index in [2.05, 4.69) is 10.3 Å². The van der Waals surface area contributed by atoms with Crippen molar-refractivity contribution in [2.24, 2.45) is 10.9 Å². The van der Waals surface area contributed by atoms with Crippen molar-refractivity contribution in [1.29, 1.82) is 0 Å². The van der Waals surface area contributed by atoms with Crippen molar-refractivity contribution in [1.82, 2.24) is 5.32 Å². The summed E-state index contributed by atoms with van der Waals surface area (Å²) in [5.41, 5.74) is 2.39. The van der Waals surface area contributed by atoms with Crippen molar-refractivity contribution in [3.63, 3.8) is 0 Å². The van der Waals surface area contributed by atoms with Crippen LogP contribution in [0, 0.1) is 5.92 Å². The molecule has 0 spiro atoms. The van der Waals surface area contributed by atoms with E-state index in [0.717, 1.165) is 22.3 Å². The zero-order valence-electron chi connectivity index (χ0n) is 22.9. The summed E-state index contributed by atoms with van der Waals surface area (Å²) in [5, 5.41) is 60.3. The molecular formula is C28H41FN2O9. The Bertz CT molecular complexity index is 1030. The molecule has 1 aromatic carbocycles. The van der Waals surface area contributed by atoms with E-state index >= 15 is 0 Å². The van der Waals surface area contributed by atoms with Crippen LogP contribution in [-0.2, 0) is 27.1 Å². The van der Waals surface area contributed by atoms with Crippen molar-refractivity contribution in [2.45, 2.75) is 75.8 Å². The lowest BCUT2D eigenvalue weighted by molar-refractivity contribution is -0.269. The molecule has 2 heterocycles. The highest BCUT2D eigenvalue weighted by molar-refractivity contribution is 5.97. The van der Waals surface area contributed by atoms with Gasteiger partial charge in [-0.05, 0) is 35.5 Å². The van der Waals surface area contributed by atoms with E-state index in [-0.39, 0.29) is 24.1 Å². The van der Waals surface area contributed by atoms with E-state index < -0.39 is 62.7 Å². The third-order valence-electron chi connectivity index (χ3n) is 7.35. The van der Waals surface area contributed by atoms with E-state index in [1.807, 2.05) is 38.1 Å². The number of aryl methyl sites for hydroxylation is 1. The summed E-state index contributed by atoms with van der Waals surface area (Å²) in [4.78, 5) is 16.6. The van der Waals surface area contributed by atoms with Gasteiger partial charge in [0.1, 0.15) is 23.9 Å². The average Bonchev–Trinajstić information content (AvgIpc) is 3.35. The Hall–Kier alpha value is -2.45. The number of aliphatic hydroxyl groups is 6. The number of alkyl halides is 1. The predicted molar refractivity (Wildman–Crippen MR) is 143 cm³/mol. The zero-order chi connectivity index (χ0) is 29.4. The number of nitrogens with one attached hydrogen (secondary N) is 1. The minimum atomic E-state index is -1.95. The Morgan fingerprint density at radius 2 is 1.73 bits per heavy atom. The molecule has 0 aliphatic carbocycles. The Labute approximate surface area is 233 Å². The first-order valence-electron chi connectivity index (χ1n) is 13.5. The van der Waals surface area contributed by atoms with Crippen LogP contribution in [0.3, 0.4) is 0 Å². The summed E-state index contributed by atoms with van der Waals surface area (Å²) < 4.78 is 25.3. The number of hydrogen-bond donors (Lipinski definition) is 7. The van der Waals surface area contributed by atoms with Gasteiger partial charge in [0, 0.05) is 18.4 Å². The Morgan fingerprint density at radius 1 is 1.10 bits per heavy atom. The molecule has 0 bridgehead atoms. The molecule has 3 rings (SSSR count). The number of amides is 1. The molecule has 5 atom stereocenters. The van der Waals surface area contributed by atoms with Crippen LogP contribution in [0.2, 0.25) is 0 Å². The summed E-state index contributed by atoms with van der Waals surface area (Å²) in [6.07, 6.45) is -6.31. The van der Waals surface area contributed by atoms with Gasteiger partial charge in [-0.2, -0.15) is 0 Å². The standard InChI is InChI=1S/C28H41FN2O9/c1-16(2)20-11-30-26(40-27-25(38)24(37)23(29)21(12-32)39-27)19(20)10-18-8-6-17(7-9-18)4-3-5-22(36)31-28(13-33,14-34)15-35/h6-9,16,21,23-25,27,32-35,37-38H,3-5,10-15H2,1-2H3,(H,31,36)/t21-,23-,24+,25-,27+/m1/s1. The lowest BCUT2D eigenvalue weighted by Crippen LogP contribution is -2.58. The van der Waals surface area contributed by atoms with Crippen molar-refractivity contribution >= 4 is 11.8 Å². The molecule has 1 fully saturated rings. The minimum Gasteiger partial charge on any atom is -0.445 e. The maximum Gasteiger partial charge on any atom is 0.231 e. The number of rotatable bonds is 13. The van der Waals surface area contributed by atoms with Crippen LogP contribution >= 0.6 is 0 Å². The minimum absolute atomic E-state index is 0.162. The summed E-state index contributed by atoms with van der Waals surface area (Å²) >= 11 is 0. The average molecular weight is 569 g/mol. The Balaban J connectivity index is 1.61. The van der Waals surface area contributed by atoms with E-state index in [9.17, 15) is 39.8 Å². The normalized spacial score (nSPS) is 25.4. The number of aliphatic hydroxyl groups excluding tert-OH is 6. The van der Waals surface area contributed by atoms with E-state index in [1.165, 1.54) is 0 Å². The monoisotopic (exact) mass is 568 g/mol. The van der Waals surface area contributed by atoms with Gasteiger partial charge in [0.15, 0.2) is 6.17 Å². The number of nitrogens with zero attached hydrogens (tertiary/aromatic N) is 1. The van der Waals surface area contributed by atoms with Crippen molar-refractivity contribution in [3.8, 4) is 0 Å². The van der Waals surface area contributed by atoms with Crippen molar-refractivity contribution in [2.75, 3.05) is 33.0 Å². The van der Waals surface area contributed by atoms with Gasteiger partial charge in [-0.1, -0.05) is 38.1 Å². The van der Waals surface area contributed by atoms with Crippen LogP contribution in [0.15, 0.2) is 40.4 Å². The predicted octanol–water partition coefficient (Wildman–Crippen LogP) is -0.458. The number of aliphatic imine (C=N–C) groups is 1. The Morgan fingerprint density at radius 3 is 2.30 bits per heavy atom. The third-order valence-corrected chi connectivity index (χ3v) is 7.35. The SMILES string of the molecule is CC(C)C1=C(Cc2ccc(CCCC(=O)NC(CO)(CO)CO)cc2)C(O[C@@H]2O[C@H](CO)[C@@H](F)[C@H](O)[C@H]2O)=NC1. The molecule has 0 aromatic heterocycles. The van der Waals surface area contributed by atoms with Gasteiger partial charge < -0.3 is 45.4 Å². The zero-order valence-corrected chi connectivity index (χ0v) is 22.9. The summed E-state index contributed by atoms with van der Waals surface area (Å²) in [6, 6.07) is 7.81. The largest absolute Gasteiger partial charge is 0.445 e. The molecule has 0 unspecified atom stereocenters. The molecule has 11 nitrogen and oxygen atoms in total. The summed E-state index contributed by atoms with van der Waals surface area (Å²) in [6.45, 7) is 2.06. The van der Waals surface area contributed by atoms with E-state index in [0.29, 0.717) is 25.8 Å². The molecule has 7 N–H and O–H groups in total. The van der Waals surface area contributed by atoms with Gasteiger partial charge in [0.2, 0.25) is 18.1 Å². The lowest BCUT2D eigenvalue weighted by atomic mass is 9.93. The molecule has 40 heavy (non-hydrogen) atoms. The van der Waals surface area contributed by atoms with Crippen LogP contribution in [0.4, 0.5) is 4.39 Å². The molecule has 12 heteroatoms. The van der Waals surface area contributed by atoms with Crippen LogP contribution in [0.1, 0.15) is 37.8 Å². The number of hydrogen-bond acceptors (Lipinski definition) is 10. The molecule has 2 aliphatic rings. The van der Waals surface area contributed by atoms with Gasteiger partial charge in [0.25, 0.3) is 0 Å². The van der Waals surface area contributed by atoms with Crippen molar-refractivity contribution in [3.05, 3.63) is 46.5 Å². The van der Waals surface area contributed by atoms with Crippen LogP contribution in [-0.4, -0.2) is 112 Å². The fraction of sp³-hybridized carbons (Fsp3) is 0.643. The van der Waals surface area contributed by atoms with Crippen molar-refractivity contribution < 1.29 is 49.3 Å². The molecule has 1 saturated heterocycles. The molecule has 224 valence electrons. The molecule has 1 amide bonds. The summed E-state index contributed by atoms with van der Waals surface area (Å²) in [7, 11) is 0. The fourth-order valence-corrected chi connectivity index (χ4v) is 4.67. The van der Waals surface area contributed by atoms with Crippen LogP contribution < -0.4 is 5.32 Å². The van der Waals surface area contributed by atoms with E-state index in [4.69, 9.17) is 9.47 Å².